The first-order valence-corrected chi connectivity index (χ1v) is 5.72. The number of rotatable bonds is 1. The van der Waals surface area contributed by atoms with Gasteiger partial charge in [-0.15, -0.1) is 0 Å². The normalized spacial score (nSPS) is 16.9. The van der Waals surface area contributed by atoms with E-state index in [4.69, 9.17) is 0 Å². The molecule has 1 aliphatic heterocycles. The minimum Gasteiger partial charge on any atom is -0.298 e. The Bertz CT molecular complexity index is 595. The number of carbonyl (C=O) groups excluding carboxylic acids is 1. The van der Waals surface area contributed by atoms with Crippen LogP contribution in [0.2, 0.25) is 0 Å². The summed E-state index contributed by atoms with van der Waals surface area (Å²) in [5.74, 6) is 0. The lowest BCUT2D eigenvalue weighted by Gasteiger charge is -2.09. The Morgan fingerprint density at radius 2 is 1.82 bits per heavy atom. The van der Waals surface area contributed by atoms with Crippen LogP contribution in [0.1, 0.15) is 15.9 Å². The predicted octanol–water partition coefficient (Wildman–Crippen LogP) is 1.60. The summed E-state index contributed by atoms with van der Waals surface area (Å²) in [6.07, 6.45) is -4.50. The molecule has 17 heavy (non-hydrogen) atoms. The van der Waals surface area contributed by atoms with Gasteiger partial charge in [0, 0.05) is 5.56 Å². The van der Waals surface area contributed by atoms with Crippen LogP contribution in [0.4, 0.5) is 24.5 Å². The summed E-state index contributed by atoms with van der Waals surface area (Å²) >= 11 is 0. The summed E-state index contributed by atoms with van der Waals surface area (Å²) < 4.78 is 63.3. The molecule has 0 amide bonds. The van der Waals surface area contributed by atoms with Crippen LogP contribution in [-0.2, 0) is 16.4 Å². The molecule has 0 atom stereocenters. The molecule has 1 aromatic rings. The van der Waals surface area contributed by atoms with E-state index in [0.717, 1.165) is 0 Å². The third-order valence-electron chi connectivity index (χ3n) is 2.10. The molecule has 1 aromatic carbocycles. The van der Waals surface area contributed by atoms with Crippen LogP contribution in [-0.4, -0.2) is 14.7 Å². The molecule has 0 fully saturated rings. The summed E-state index contributed by atoms with van der Waals surface area (Å²) in [5.41, 5.74) is -1.93. The van der Waals surface area contributed by atoms with Gasteiger partial charge in [0.05, 0.1) is 16.9 Å². The molecule has 0 saturated carbocycles. The molecule has 2 rings (SSSR count). The second-order valence-electron chi connectivity index (χ2n) is 3.31. The fraction of sp³-hybridized carbons (Fsp3) is 0.125. The van der Waals surface area contributed by atoms with Gasteiger partial charge in [0.1, 0.15) is 0 Å². The van der Waals surface area contributed by atoms with Crippen molar-refractivity contribution in [3.05, 3.63) is 23.3 Å². The highest BCUT2D eigenvalue weighted by atomic mass is 32.2. The molecule has 0 unspecified atom stereocenters. The number of alkyl halides is 3. The SMILES string of the molecule is O=Cc1cc(C(F)(F)F)cc2c1NS(=O)(=O)N2. The van der Waals surface area contributed by atoms with Crippen LogP contribution in [0.5, 0.6) is 0 Å². The number of hydrogen-bond acceptors (Lipinski definition) is 3. The van der Waals surface area contributed by atoms with Gasteiger partial charge in [0.15, 0.2) is 6.29 Å². The lowest BCUT2D eigenvalue weighted by Crippen LogP contribution is -2.13. The quantitative estimate of drug-likeness (QED) is 0.758. The number of aldehydes is 1. The maximum atomic E-state index is 12.5. The molecule has 1 heterocycles. The standard InChI is InChI=1S/C8H5F3N2O3S/c9-8(10,11)5-1-4(3-14)7-6(2-5)12-17(15,16)13-7/h1-3,12-13H. The summed E-state index contributed by atoms with van der Waals surface area (Å²) in [6.45, 7) is 0. The lowest BCUT2D eigenvalue weighted by molar-refractivity contribution is -0.137. The van der Waals surface area contributed by atoms with Crippen molar-refractivity contribution in [3.63, 3.8) is 0 Å². The maximum absolute atomic E-state index is 12.5. The van der Waals surface area contributed by atoms with Crippen LogP contribution in [0.3, 0.4) is 0 Å². The fourth-order valence-corrected chi connectivity index (χ4v) is 2.42. The summed E-state index contributed by atoms with van der Waals surface area (Å²) in [7, 11) is -3.93. The Hall–Kier alpha value is -1.77. The van der Waals surface area contributed by atoms with Crippen LogP contribution in [0.25, 0.3) is 0 Å². The Morgan fingerprint density at radius 3 is 2.35 bits per heavy atom. The van der Waals surface area contributed by atoms with Gasteiger partial charge in [-0.2, -0.15) is 21.6 Å². The third-order valence-corrected chi connectivity index (χ3v) is 3.07. The van der Waals surface area contributed by atoms with E-state index >= 15 is 0 Å². The van der Waals surface area contributed by atoms with Gasteiger partial charge in [-0.1, -0.05) is 0 Å². The molecule has 0 saturated heterocycles. The Kier molecular flexibility index (Phi) is 2.31. The number of hydrogen-bond donors (Lipinski definition) is 2. The summed E-state index contributed by atoms with van der Waals surface area (Å²) in [6, 6.07) is 1.21. The zero-order valence-electron chi connectivity index (χ0n) is 8.00. The van der Waals surface area contributed by atoms with Crippen molar-refractivity contribution >= 4 is 27.9 Å². The van der Waals surface area contributed by atoms with E-state index in [1.807, 2.05) is 9.44 Å². The summed E-state index contributed by atoms with van der Waals surface area (Å²) in [5, 5.41) is 0. The molecular formula is C8H5F3N2O3S. The van der Waals surface area contributed by atoms with Crippen molar-refractivity contribution in [3.8, 4) is 0 Å². The highest BCUT2D eigenvalue weighted by Crippen LogP contribution is 2.39. The van der Waals surface area contributed by atoms with Gasteiger partial charge < -0.3 is 0 Å². The van der Waals surface area contributed by atoms with Crippen LogP contribution >= 0.6 is 0 Å². The Morgan fingerprint density at radius 1 is 1.18 bits per heavy atom. The highest BCUT2D eigenvalue weighted by molar-refractivity contribution is 7.94. The summed E-state index contributed by atoms with van der Waals surface area (Å²) in [4.78, 5) is 10.6. The maximum Gasteiger partial charge on any atom is 0.416 e. The largest absolute Gasteiger partial charge is 0.416 e. The molecule has 5 nitrogen and oxygen atoms in total. The van der Waals surface area contributed by atoms with Crippen molar-refractivity contribution in [1.82, 2.24) is 0 Å². The third kappa shape index (κ3) is 2.05. The number of nitrogens with one attached hydrogen (secondary N) is 2. The van der Waals surface area contributed by atoms with E-state index in [2.05, 4.69) is 0 Å². The average Bonchev–Trinajstić information content (AvgIpc) is 2.48. The van der Waals surface area contributed by atoms with Gasteiger partial charge in [0.2, 0.25) is 0 Å². The zero-order valence-corrected chi connectivity index (χ0v) is 8.82. The van der Waals surface area contributed by atoms with Crippen molar-refractivity contribution in [1.29, 1.82) is 0 Å². The molecular weight excluding hydrogens is 261 g/mol. The predicted molar refractivity (Wildman–Crippen MR) is 53.0 cm³/mol. The van der Waals surface area contributed by atoms with Crippen LogP contribution in [0, 0.1) is 0 Å². The molecule has 0 aliphatic carbocycles. The molecule has 9 heteroatoms. The first-order valence-electron chi connectivity index (χ1n) is 4.24. The molecule has 0 bridgehead atoms. The second-order valence-corrected chi connectivity index (χ2v) is 4.73. The van der Waals surface area contributed by atoms with E-state index in [9.17, 15) is 26.4 Å². The lowest BCUT2D eigenvalue weighted by atomic mass is 10.1. The molecule has 0 radical (unpaired) electrons. The number of halogens is 3. The van der Waals surface area contributed by atoms with Gasteiger partial charge in [0.25, 0.3) is 0 Å². The van der Waals surface area contributed by atoms with Gasteiger partial charge in [-0.25, -0.2) is 0 Å². The van der Waals surface area contributed by atoms with Gasteiger partial charge in [-0.05, 0) is 12.1 Å². The van der Waals surface area contributed by atoms with E-state index in [1.54, 1.807) is 0 Å². The molecule has 0 aromatic heterocycles. The Labute approximate surface area is 93.8 Å². The van der Waals surface area contributed by atoms with Crippen molar-refractivity contribution in [2.45, 2.75) is 6.18 Å². The fourth-order valence-electron chi connectivity index (χ4n) is 1.42. The number of fused-ring (bicyclic) bond motifs is 1. The zero-order chi connectivity index (χ0) is 12.8. The molecule has 2 N–H and O–H groups in total. The van der Waals surface area contributed by atoms with Crippen molar-refractivity contribution in [2.75, 3.05) is 9.44 Å². The number of carbonyl (C=O) groups is 1. The average molecular weight is 266 g/mol. The van der Waals surface area contributed by atoms with Crippen LogP contribution in [0.15, 0.2) is 12.1 Å². The van der Waals surface area contributed by atoms with Crippen molar-refractivity contribution in [2.24, 2.45) is 0 Å². The smallest absolute Gasteiger partial charge is 0.298 e. The van der Waals surface area contributed by atoms with Gasteiger partial charge in [-0.3, -0.25) is 14.2 Å². The first-order chi connectivity index (χ1) is 7.73. The molecule has 0 spiro atoms. The van der Waals surface area contributed by atoms with E-state index < -0.39 is 21.9 Å². The monoisotopic (exact) mass is 266 g/mol. The van der Waals surface area contributed by atoms with E-state index in [1.165, 1.54) is 0 Å². The van der Waals surface area contributed by atoms with Crippen LogP contribution < -0.4 is 9.44 Å². The van der Waals surface area contributed by atoms with Crippen molar-refractivity contribution < 1.29 is 26.4 Å². The minimum atomic E-state index is -4.65. The van der Waals surface area contributed by atoms with Gasteiger partial charge >= 0.3 is 16.4 Å². The number of anilines is 2. The van der Waals surface area contributed by atoms with E-state index in [0.29, 0.717) is 12.1 Å². The molecule has 1 aliphatic rings. The minimum absolute atomic E-state index is 0.156. The van der Waals surface area contributed by atoms with E-state index in [-0.39, 0.29) is 23.2 Å². The second kappa shape index (κ2) is 3.36. The molecule has 92 valence electrons. The topological polar surface area (TPSA) is 75.3 Å². The highest BCUT2D eigenvalue weighted by Gasteiger charge is 2.35. The number of benzene rings is 1. The first kappa shape index (κ1) is 11.7. The Balaban J connectivity index is 2.65.